The van der Waals surface area contributed by atoms with Crippen LogP contribution in [0.3, 0.4) is 0 Å². The van der Waals surface area contributed by atoms with Crippen LogP contribution < -0.4 is 11.1 Å². The molecule has 0 fully saturated rings. The van der Waals surface area contributed by atoms with Gasteiger partial charge in [0.05, 0.1) is 18.4 Å². The van der Waals surface area contributed by atoms with Gasteiger partial charge in [-0.15, -0.1) is 0 Å². The summed E-state index contributed by atoms with van der Waals surface area (Å²) in [6, 6.07) is 1.83. The minimum absolute atomic E-state index is 0.227. The van der Waals surface area contributed by atoms with Gasteiger partial charge in [0.15, 0.2) is 0 Å². The number of nitrogens with two attached hydrogens (primary N) is 1. The zero-order valence-electron chi connectivity index (χ0n) is 9.50. The normalized spacial score (nSPS) is 10.4. The molecule has 17 heavy (non-hydrogen) atoms. The number of nitrogens with one attached hydrogen (secondary N) is 1. The lowest BCUT2D eigenvalue weighted by Gasteiger charge is -2.06. The first-order chi connectivity index (χ1) is 8.18. The lowest BCUT2D eigenvalue weighted by atomic mass is 10.3. The van der Waals surface area contributed by atoms with Crippen molar-refractivity contribution in [3.05, 3.63) is 30.4 Å². The number of carbonyl (C=O) groups excluding carboxylic acids is 1. The van der Waals surface area contributed by atoms with Gasteiger partial charge in [-0.05, 0) is 6.07 Å². The highest BCUT2D eigenvalue weighted by molar-refractivity contribution is 5.97. The SMILES string of the molecule is Cn1ncc(N)c1C(=O)NCCn1cccn1. The molecule has 0 radical (unpaired) electrons. The summed E-state index contributed by atoms with van der Waals surface area (Å²) in [6.07, 6.45) is 4.99. The maximum atomic E-state index is 11.8. The van der Waals surface area contributed by atoms with E-state index in [0.29, 0.717) is 24.5 Å². The van der Waals surface area contributed by atoms with E-state index >= 15 is 0 Å². The Labute approximate surface area is 98.2 Å². The molecule has 0 saturated carbocycles. The molecule has 0 aliphatic rings. The van der Waals surface area contributed by atoms with Crippen molar-refractivity contribution in [1.82, 2.24) is 24.9 Å². The number of hydrogen-bond donors (Lipinski definition) is 2. The molecule has 2 rings (SSSR count). The second-order valence-corrected chi connectivity index (χ2v) is 3.60. The maximum Gasteiger partial charge on any atom is 0.271 e. The molecule has 0 aromatic carbocycles. The summed E-state index contributed by atoms with van der Waals surface area (Å²) < 4.78 is 3.20. The molecule has 7 heteroatoms. The molecule has 7 nitrogen and oxygen atoms in total. The van der Waals surface area contributed by atoms with Crippen molar-refractivity contribution < 1.29 is 4.79 Å². The molecule has 0 atom stereocenters. The average Bonchev–Trinajstić information content (AvgIpc) is 2.89. The Morgan fingerprint density at radius 1 is 1.53 bits per heavy atom. The van der Waals surface area contributed by atoms with E-state index < -0.39 is 0 Å². The van der Waals surface area contributed by atoms with Crippen LogP contribution in [0.4, 0.5) is 5.69 Å². The molecular weight excluding hydrogens is 220 g/mol. The zero-order chi connectivity index (χ0) is 12.3. The Balaban J connectivity index is 1.90. The first kappa shape index (κ1) is 11.2. The Bertz CT molecular complexity index is 481. The lowest BCUT2D eigenvalue weighted by molar-refractivity contribution is 0.0943. The largest absolute Gasteiger partial charge is 0.396 e. The van der Waals surface area contributed by atoms with E-state index in [2.05, 4.69) is 15.5 Å². The lowest BCUT2D eigenvalue weighted by Crippen LogP contribution is -2.29. The molecule has 1 amide bonds. The van der Waals surface area contributed by atoms with Crippen molar-refractivity contribution in [3.63, 3.8) is 0 Å². The third-order valence-corrected chi connectivity index (χ3v) is 2.37. The Hall–Kier alpha value is -2.31. The number of amides is 1. The summed E-state index contributed by atoms with van der Waals surface area (Å²) in [4.78, 5) is 11.8. The van der Waals surface area contributed by atoms with E-state index in [1.807, 2.05) is 12.3 Å². The molecule has 0 saturated heterocycles. The fraction of sp³-hybridized carbons (Fsp3) is 0.300. The molecule has 0 aliphatic heterocycles. The Kier molecular flexibility index (Phi) is 3.08. The summed E-state index contributed by atoms with van der Waals surface area (Å²) in [5.41, 5.74) is 6.41. The van der Waals surface area contributed by atoms with Crippen LogP contribution in [-0.4, -0.2) is 32.0 Å². The Morgan fingerprint density at radius 3 is 2.94 bits per heavy atom. The smallest absolute Gasteiger partial charge is 0.271 e. The van der Waals surface area contributed by atoms with Gasteiger partial charge in [0.25, 0.3) is 5.91 Å². The van der Waals surface area contributed by atoms with Gasteiger partial charge >= 0.3 is 0 Å². The molecule has 0 bridgehead atoms. The minimum atomic E-state index is -0.227. The van der Waals surface area contributed by atoms with E-state index in [9.17, 15) is 4.79 Å². The van der Waals surface area contributed by atoms with Crippen molar-refractivity contribution in [2.45, 2.75) is 6.54 Å². The van der Waals surface area contributed by atoms with Crippen LogP contribution in [0.25, 0.3) is 0 Å². The van der Waals surface area contributed by atoms with Crippen LogP contribution >= 0.6 is 0 Å². The van der Waals surface area contributed by atoms with Gasteiger partial charge in [-0.1, -0.05) is 0 Å². The zero-order valence-corrected chi connectivity index (χ0v) is 9.50. The van der Waals surface area contributed by atoms with Crippen LogP contribution in [0.1, 0.15) is 10.5 Å². The maximum absolute atomic E-state index is 11.8. The second kappa shape index (κ2) is 4.69. The van der Waals surface area contributed by atoms with Crippen molar-refractivity contribution in [2.75, 3.05) is 12.3 Å². The van der Waals surface area contributed by atoms with Gasteiger partial charge in [0.1, 0.15) is 5.69 Å². The van der Waals surface area contributed by atoms with Gasteiger partial charge in [-0.25, -0.2) is 0 Å². The summed E-state index contributed by atoms with van der Waals surface area (Å²) in [5.74, 6) is -0.227. The van der Waals surface area contributed by atoms with E-state index in [1.165, 1.54) is 10.9 Å². The van der Waals surface area contributed by atoms with Gasteiger partial charge in [0, 0.05) is 26.0 Å². The molecule has 2 aromatic heterocycles. The minimum Gasteiger partial charge on any atom is -0.396 e. The van der Waals surface area contributed by atoms with Crippen LogP contribution in [0.5, 0.6) is 0 Å². The van der Waals surface area contributed by atoms with Gasteiger partial charge < -0.3 is 11.1 Å². The first-order valence-corrected chi connectivity index (χ1v) is 5.21. The topological polar surface area (TPSA) is 90.8 Å². The summed E-state index contributed by atoms with van der Waals surface area (Å²) in [7, 11) is 1.68. The second-order valence-electron chi connectivity index (χ2n) is 3.60. The summed E-state index contributed by atoms with van der Waals surface area (Å²) in [5, 5.41) is 10.7. The van der Waals surface area contributed by atoms with Crippen molar-refractivity contribution >= 4 is 11.6 Å². The van der Waals surface area contributed by atoms with Crippen LogP contribution in [-0.2, 0) is 13.6 Å². The number of nitrogens with zero attached hydrogens (tertiary/aromatic N) is 4. The fourth-order valence-corrected chi connectivity index (χ4v) is 1.53. The monoisotopic (exact) mass is 234 g/mol. The number of anilines is 1. The number of rotatable bonds is 4. The third kappa shape index (κ3) is 2.44. The van der Waals surface area contributed by atoms with Gasteiger partial charge in [-0.3, -0.25) is 14.2 Å². The van der Waals surface area contributed by atoms with E-state index in [1.54, 1.807) is 17.9 Å². The van der Waals surface area contributed by atoms with Gasteiger partial charge in [0.2, 0.25) is 0 Å². The van der Waals surface area contributed by atoms with Crippen molar-refractivity contribution in [1.29, 1.82) is 0 Å². The number of hydrogen-bond acceptors (Lipinski definition) is 4. The highest BCUT2D eigenvalue weighted by Crippen LogP contribution is 2.08. The van der Waals surface area contributed by atoms with Crippen molar-refractivity contribution in [2.24, 2.45) is 7.05 Å². The predicted molar refractivity (Wildman–Crippen MR) is 62.2 cm³/mol. The van der Waals surface area contributed by atoms with Crippen LogP contribution in [0, 0.1) is 0 Å². The standard InChI is InChI=1S/C10H14N6O/c1-15-9(8(11)7-14-15)10(17)12-4-6-16-5-2-3-13-16/h2-3,5,7H,4,6,11H2,1H3,(H,12,17). The number of aryl methyl sites for hydroxylation is 1. The molecule has 2 aromatic rings. The summed E-state index contributed by atoms with van der Waals surface area (Å²) >= 11 is 0. The molecule has 0 unspecified atom stereocenters. The van der Waals surface area contributed by atoms with E-state index in [0.717, 1.165) is 0 Å². The van der Waals surface area contributed by atoms with E-state index in [4.69, 9.17) is 5.73 Å². The molecule has 90 valence electrons. The van der Waals surface area contributed by atoms with Crippen LogP contribution in [0.2, 0.25) is 0 Å². The average molecular weight is 234 g/mol. The predicted octanol–water partition coefficient (Wildman–Crippen LogP) is -0.371. The molecule has 3 N–H and O–H groups in total. The first-order valence-electron chi connectivity index (χ1n) is 5.21. The van der Waals surface area contributed by atoms with E-state index in [-0.39, 0.29) is 5.91 Å². The fourth-order valence-electron chi connectivity index (χ4n) is 1.53. The van der Waals surface area contributed by atoms with Crippen molar-refractivity contribution in [3.8, 4) is 0 Å². The quantitative estimate of drug-likeness (QED) is 0.755. The highest BCUT2D eigenvalue weighted by Gasteiger charge is 2.13. The molecular formula is C10H14N6O. The molecule has 2 heterocycles. The molecule has 0 aliphatic carbocycles. The molecule has 0 spiro atoms. The Morgan fingerprint density at radius 2 is 2.35 bits per heavy atom. The van der Waals surface area contributed by atoms with Crippen LogP contribution in [0.15, 0.2) is 24.7 Å². The number of aromatic nitrogens is 4. The third-order valence-electron chi connectivity index (χ3n) is 2.37. The number of carbonyl (C=O) groups is 1. The van der Waals surface area contributed by atoms with Gasteiger partial charge in [-0.2, -0.15) is 10.2 Å². The highest BCUT2D eigenvalue weighted by atomic mass is 16.2. The summed E-state index contributed by atoms with van der Waals surface area (Å²) in [6.45, 7) is 1.11. The number of nitrogen functional groups attached to an aromatic ring is 1.